The average Bonchev–Trinajstić information content (AvgIpc) is 3.40. The normalized spacial score (nSPS) is 15.6. The van der Waals surface area contributed by atoms with E-state index in [9.17, 15) is 17.6 Å². The second-order valence-electron chi connectivity index (χ2n) is 8.87. The second-order valence-corrected chi connectivity index (χ2v) is 8.87. The van der Waals surface area contributed by atoms with E-state index in [-0.39, 0.29) is 12.6 Å². The molecule has 13 heteroatoms. The van der Waals surface area contributed by atoms with E-state index < -0.39 is 19.4 Å². The number of nitrogens with zero attached hydrogens (tertiary/aromatic N) is 7. The number of anilines is 2. The number of alkyl halides is 4. The molecular formula is C23H27F4N9. The summed E-state index contributed by atoms with van der Waals surface area (Å²) in [5, 5.41) is 11.0. The Morgan fingerprint density at radius 1 is 1.00 bits per heavy atom. The number of hydrogen-bond donors (Lipinski definition) is 2. The number of nitrogens with one attached hydrogen (secondary N) is 2. The first-order valence-electron chi connectivity index (χ1n) is 11.8. The number of imidazole rings is 1. The molecule has 1 aliphatic heterocycles. The summed E-state index contributed by atoms with van der Waals surface area (Å²) in [7, 11) is 1.75. The van der Waals surface area contributed by atoms with Gasteiger partial charge in [0.05, 0.1) is 18.8 Å². The molecule has 0 atom stereocenters. The summed E-state index contributed by atoms with van der Waals surface area (Å²) in [5.41, 5.74) is 2.98. The standard InChI is InChI=1S/C23H27F4N9/c1-13-29-17-4-3-16(31-22(17)35(13)12-19(26)27)15-7-10-36-20(15)21(28-2)32-23(33-36)30-14-5-8-34(9-6-14)11-18(24)25/h3-4,7,10,14,18-19H,5-6,8-9,11-12H2,1-2H3,(H2,28,30,32,33). The molecule has 5 rings (SSSR count). The fourth-order valence-corrected chi connectivity index (χ4v) is 4.73. The molecule has 4 aromatic heterocycles. The van der Waals surface area contributed by atoms with E-state index in [2.05, 4.69) is 30.7 Å². The van der Waals surface area contributed by atoms with Gasteiger partial charge in [0, 0.05) is 37.9 Å². The number of aryl methyl sites for hydroxylation is 1. The van der Waals surface area contributed by atoms with Gasteiger partial charge >= 0.3 is 0 Å². The molecule has 2 N–H and O–H groups in total. The van der Waals surface area contributed by atoms with Crippen molar-refractivity contribution in [3.63, 3.8) is 0 Å². The van der Waals surface area contributed by atoms with Crippen molar-refractivity contribution in [3.05, 3.63) is 30.2 Å². The van der Waals surface area contributed by atoms with Gasteiger partial charge in [0.25, 0.3) is 12.9 Å². The van der Waals surface area contributed by atoms with Crippen molar-refractivity contribution >= 4 is 28.4 Å². The Balaban J connectivity index is 1.43. The molecule has 0 saturated carbocycles. The predicted octanol–water partition coefficient (Wildman–Crippen LogP) is 3.90. The minimum Gasteiger partial charge on any atom is -0.371 e. The minimum absolute atomic E-state index is 0.0820. The molecule has 5 heterocycles. The Labute approximate surface area is 204 Å². The number of halogens is 4. The SMILES string of the molecule is CNc1nc(NC2CCN(CC(F)F)CC2)nn2ccc(-c3ccc4nc(C)n(CC(F)F)c4n3)c12. The summed E-state index contributed by atoms with van der Waals surface area (Å²) < 4.78 is 54.6. The van der Waals surface area contributed by atoms with Gasteiger partial charge in [0.15, 0.2) is 11.5 Å². The Kier molecular flexibility index (Phi) is 6.65. The van der Waals surface area contributed by atoms with E-state index in [1.807, 2.05) is 6.07 Å². The zero-order valence-corrected chi connectivity index (χ0v) is 19.9. The lowest BCUT2D eigenvalue weighted by Crippen LogP contribution is -2.41. The fourth-order valence-electron chi connectivity index (χ4n) is 4.73. The van der Waals surface area contributed by atoms with E-state index in [0.29, 0.717) is 53.1 Å². The van der Waals surface area contributed by atoms with Crippen LogP contribution >= 0.6 is 0 Å². The largest absolute Gasteiger partial charge is 0.371 e. The van der Waals surface area contributed by atoms with Crippen LogP contribution in [-0.4, -0.2) is 79.6 Å². The van der Waals surface area contributed by atoms with Crippen LogP contribution in [0.15, 0.2) is 24.4 Å². The quantitative estimate of drug-likeness (QED) is 0.351. The fraction of sp³-hybridized carbons (Fsp3) is 0.478. The van der Waals surface area contributed by atoms with Gasteiger partial charge in [-0.05, 0) is 38.0 Å². The first kappa shape index (κ1) is 24.2. The molecule has 0 amide bonds. The van der Waals surface area contributed by atoms with Crippen molar-refractivity contribution < 1.29 is 17.6 Å². The van der Waals surface area contributed by atoms with E-state index in [0.717, 1.165) is 18.4 Å². The number of hydrogen-bond acceptors (Lipinski definition) is 7. The monoisotopic (exact) mass is 505 g/mol. The van der Waals surface area contributed by atoms with Crippen molar-refractivity contribution in [1.29, 1.82) is 0 Å². The summed E-state index contributed by atoms with van der Waals surface area (Å²) in [6.07, 6.45) is -1.62. The first-order valence-corrected chi connectivity index (χ1v) is 11.8. The molecule has 0 aliphatic carbocycles. The van der Waals surface area contributed by atoms with E-state index in [1.165, 1.54) is 4.57 Å². The molecule has 36 heavy (non-hydrogen) atoms. The highest BCUT2D eigenvalue weighted by Gasteiger charge is 2.23. The molecule has 4 aromatic rings. The van der Waals surface area contributed by atoms with Crippen LogP contribution in [0.3, 0.4) is 0 Å². The van der Waals surface area contributed by atoms with Gasteiger partial charge in [-0.3, -0.25) is 4.90 Å². The number of rotatable bonds is 8. The summed E-state index contributed by atoms with van der Waals surface area (Å²) in [5.74, 6) is 1.48. The smallest absolute Gasteiger partial charge is 0.256 e. The number of likely N-dealkylation sites (tertiary alicyclic amines) is 1. The zero-order chi connectivity index (χ0) is 25.4. The molecule has 0 aromatic carbocycles. The highest BCUT2D eigenvalue weighted by atomic mass is 19.3. The zero-order valence-electron chi connectivity index (χ0n) is 19.9. The molecular weight excluding hydrogens is 478 g/mol. The lowest BCUT2D eigenvalue weighted by Gasteiger charge is -2.32. The van der Waals surface area contributed by atoms with Crippen LogP contribution < -0.4 is 10.6 Å². The number of fused-ring (bicyclic) bond motifs is 2. The van der Waals surface area contributed by atoms with Crippen molar-refractivity contribution in [1.82, 2.24) is 34.0 Å². The maximum absolute atomic E-state index is 13.1. The first-order chi connectivity index (χ1) is 17.3. The summed E-state index contributed by atoms with van der Waals surface area (Å²) in [4.78, 5) is 15.4. The average molecular weight is 506 g/mol. The van der Waals surface area contributed by atoms with Gasteiger partial charge in [0.1, 0.15) is 16.9 Å². The van der Waals surface area contributed by atoms with Crippen LogP contribution in [0, 0.1) is 6.92 Å². The topological polar surface area (TPSA) is 88.2 Å². The summed E-state index contributed by atoms with van der Waals surface area (Å²) >= 11 is 0. The molecule has 0 spiro atoms. The second kappa shape index (κ2) is 9.88. The minimum atomic E-state index is -2.52. The predicted molar refractivity (Wildman–Crippen MR) is 129 cm³/mol. The molecule has 0 bridgehead atoms. The molecule has 1 saturated heterocycles. The molecule has 1 fully saturated rings. The van der Waals surface area contributed by atoms with Crippen LogP contribution in [0.1, 0.15) is 18.7 Å². The maximum atomic E-state index is 13.1. The van der Waals surface area contributed by atoms with Crippen LogP contribution in [0.25, 0.3) is 27.9 Å². The molecule has 1 aliphatic rings. The van der Waals surface area contributed by atoms with Gasteiger partial charge in [-0.25, -0.2) is 32.0 Å². The number of piperidine rings is 1. The lowest BCUT2D eigenvalue weighted by molar-refractivity contribution is 0.0769. The Bertz CT molecular complexity index is 1360. The number of pyridine rings is 1. The van der Waals surface area contributed by atoms with Crippen molar-refractivity contribution in [2.24, 2.45) is 0 Å². The van der Waals surface area contributed by atoms with Gasteiger partial charge in [-0.2, -0.15) is 4.98 Å². The highest BCUT2D eigenvalue weighted by molar-refractivity contribution is 5.89. The molecule has 0 radical (unpaired) electrons. The third-order valence-corrected chi connectivity index (χ3v) is 6.44. The summed E-state index contributed by atoms with van der Waals surface area (Å²) in [6.45, 7) is 2.19. The van der Waals surface area contributed by atoms with E-state index >= 15 is 0 Å². The number of aromatic nitrogens is 6. The Morgan fingerprint density at radius 3 is 2.44 bits per heavy atom. The van der Waals surface area contributed by atoms with Crippen molar-refractivity contribution in [2.75, 3.05) is 37.3 Å². The Morgan fingerprint density at radius 2 is 1.75 bits per heavy atom. The van der Waals surface area contributed by atoms with Gasteiger partial charge < -0.3 is 15.2 Å². The highest BCUT2D eigenvalue weighted by Crippen LogP contribution is 2.31. The third-order valence-electron chi connectivity index (χ3n) is 6.44. The van der Waals surface area contributed by atoms with Crippen LogP contribution in [-0.2, 0) is 6.54 Å². The lowest BCUT2D eigenvalue weighted by atomic mass is 10.1. The third kappa shape index (κ3) is 4.79. The maximum Gasteiger partial charge on any atom is 0.256 e. The van der Waals surface area contributed by atoms with Gasteiger partial charge in [-0.15, -0.1) is 5.10 Å². The van der Waals surface area contributed by atoms with Crippen molar-refractivity contribution in [2.45, 2.75) is 45.2 Å². The van der Waals surface area contributed by atoms with Crippen LogP contribution in [0.2, 0.25) is 0 Å². The molecule has 192 valence electrons. The summed E-state index contributed by atoms with van der Waals surface area (Å²) in [6, 6.07) is 5.51. The van der Waals surface area contributed by atoms with Gasteiger partial charge in [-0.1, -0.05) is 0 Å². The van der Waals surface area contributed by atoms with Crippen molar-refractivity contribution in [3.8, 4) is 11.3 Å². The van der Waals surface area contributed by atoms with E-state index in [4.69, 9.17) is 0 Å². The van der Waals surface area contributed by atoms with Crippen LogP contribution in [0.5, 0.6) is 0 Å². The molecule has 9 nitrogen and oxygen atoms in total. The Hall–Kier alpha value is -3.48. The van der Waals surface area contributed by atoms with Gasteiger partial charge in [0.2, 0.25) is 5.95 Å². The molecule has 0 unspecified atom stereocenters. The van der Waals surface area contributed by atoms with E-state index in [1.54, 1.807) is 41.7 Å². The van der Waals surface area contributed by atoms with Crippen LogP contribution in [0.4, 0.5) is 29.3 Å².